The number of alkyl halides is 2. The standard InChI is InChI=1S/C7H6Cl2F2N2O4S2/c8-4-1-3(18(12,14)15)2-5(9)6(4)13-19(16,17)7(10)11/h1-2,7,13H,(H2,12,14,15). The van der Waals surface area contributed by atoms with Gasteiger partial charge in [-0.1, -0.05) is 23.2 Å². The van der Waals surface area contributed by atoms with Crippen LogP contribution in [0.2, 0.25) is 10.0 Å². The third kappa shape index (κ3) is 3.89. The molecule has 19 heavy (non-hydrogen) atoms. The molecule has 0 aliphatic heterocycles. The molecular formula is C7H6Cl2F2N2O4S2. The lowest BCUT2D eigenvalue weighted by atomic mass is 10.3. The van der Waals surface area contributed by atoms with Gasteiger partial charge in [-0.3, -0.25) is 4.72 Å². The van der Waals surface area contributed by atoms with Crippen molar-refractivity contribution in [3.05, 3.63) is 22.2 Å². The monoisotopic (exact) mass is 354 g/mol. The number of primary sulfonamides is 1. The number of benzene rings is 1. The Balaban J connectivity index is 3.35. The number of sulfonamides is 2. The lowest BCUT2D eigenvalue weighted by Gasteiger charge is -2.11. The molecule has 0 saturated heterocycles. The van der Waals surface area contributed by atoms with Gasteiger partial charge in [0.25, 0.3) is 10.0 Å². The first-order valence-corrected chi connectivity index (χ1v) is 8.11. The van der Waals surface area contributed by atoms with Crippen LogP contribution in [0.5, 0.6) is 0 Å². The first kappa shape index (κ1) is 16.4. The first-order valence-electron chi connectivity index (χ1n) is 4.27. The molecule has 0 radical (unpaired) electrons. The van der Waals surface area contributed by atoms with Crippen molar-refractivity contribution < 1.29 is 25.6 Å². The smallest absolute Gasteiger partial charge is 0.276 e. The summed E-state index contributed by atoms with van der Waals surface area (Å²) in [4.78, 5) is -0.484. The largest absolute Gasteiger partial charge is 0.355 e. The molecule has 0 heterocycles. The molecule has 0 atom stereocenters. The van der Waals surface area contributed by atoms with Gasteiger partial charge in [0, 0.05) is 0 Å². The van der Waals surface area contributed by atoms with Crippen LogP contribution in [0.3, 0.4) is 0 Å². The number of rotatable bonds is 4. The number of halogens is 4. The molecule has 0 saturated carbocycles. The van der Waals surface area contributed by atoms with Crippen molar-refractivity contribution in [3.8, 4) is 0 Å². The topological polar surface area (TPSA) is 106 Å². The Bertz CT molecular complexity index is 683. The highest BCUT2D eigenvalue weighted by Crippen LogP contribution is 2.34. The summed E-state index contributed by atoms with van der Waals surface area (Å²) in [5.41, 5.74) is -0.559. The lowest BCUT2D eigenvalue weighted by molar-refractivity contribution is 0.236. The highest BCUT2D eigenvalue weighted by molar-refractivity contribution is 7.93. The Kier molecular flexibility index (Phi) is 4.62. The fourth-order valence-corrected chi connectivity index (χ4v) is 2.98. The average Bonchev–Trinajstić information content (AvgIpc) is 2.21. The van der Waals surface area contributed by atoms with Gasteiger partial charge >= 0.3 is 5.76 Å². The number of anilines is 1. The number of nitrogens with one attached hydrogen (secondary N) is 1. The third-order valence-electron chi connectivity index (χ3n) is 1.82. The number of nitrogens with two attached hydrogens (primary N) is 1. The highest BCUT2D eigenvalue weighted by Gasteiger charge is 2.26. The van der Waals surface area contributed by atoms with E-state index < -0.39 is 46.4 Å². The lowest BCUT2D eigenvalue weighted by Crippen LogP contribution is -2.21. The van der Waals surface area contributed by atoms with Gasteiger partial charge in [-0.2, -0.15) is 8.78 Å². The second kappa shape index (κ2) is 5.37. The molecule has 1 aromatic rings. The van der Waals surface area contributed by atoms with Gasteiger partial charge in [-0.15, -0.1) is 0 Å². The van der Waals surface area contributed by atoms with E-state index in [2.05, 4.69) is 0 Å². The normalized spacial score (nSPS) is 12.7. The van der Waals surface area contributed by atoms with Gasteiger partial charge in [-0.25, -0.2) is 22.0 Å². The van der Waals surface area contributed by atoms with Crippen LogP contribution >= 0.6 is 23.2 Å². The van der Waals surface area contributed by atoms with Crippen molar-refractivity contribution in [2.24, 2.45) is 5.14 Å². The fourth-order valence-electron chi connectivity index (χ4n) is 0.998. The SMILES string of the molecule is NS(=O)(=O)c1cc(Cl)c(NS(=O)(=O)C(F)F)c(Cl)c1. The molecule has 0 unspecified atom stereocenters. The molecule has 0 aliphatic rings. The van der Waals surface area contributed by atoms with Gasteiger partial charge in [-0.05, 0) is 12.1 Å². The van der Waals surface area contributed by atoms with E-state index in [1.165, 1.54) is 4.72 Å². The Morgan fingerprint density at radius 3 is 1.84 bits per heavy atom. The minimum absolute atomic E-state index is 0.484. The van der Waals surface area contributed by atoms with E-state index in [1.807, 2.05) is 0 Å². The summed E-state index contributed by atoms with van der Waals surface area (Å²) in [7, 11) is -9.10. The van der Waals surface area contributed by atoms with Crippen LogP contribution in [0.1, 0.15) is 0 Å². The molecule has 108 valence electrons. The Hall–Kier alpha value is -0.680. The summed E-state index contributed by atoms with van der Waals surface area (Å²) < 4.78 is 69.8. The maximum atomic E-state index is 12.2. The second-order valence-electron chi connectivity index (χ2n) is 3.21. The van der Waals surface area contributed by atoms with E-state index >= 15 is 0 Å². The average molecular weight is 355 g/mol. The molecule has 0 fully saturated rings. The zero-order valence-corrected chi connectivity index (χ0v) is 11.9. The van der Waals surface area contributed by atoms with Crippen molar-refractivity contribution in [2.45, 2.75) is 10.7 Å². The van der Waals surface area contributed by atoms with E-state index in [0.29, 0.717) is 0 Å². The van der Waals surface area contributed by atoms with Crippen molar-refractivity contribution >= 4 is 48.9 Å². The number of hydrogen-bond donors (Lipinski definition) is 2. The predicted molar refractivity (Wildman–Crippen MR) is 66.4 cm³/mol. The molecule has 0 bridgehead atoms. The molecule has 0 amide bonds. The van der Waals surface area contributed by atoms with Gasteiger partial charge in [0.15, 0.2) is 0 Å². The quantitative estimate of drug-likeness (QED) is 0.856. The summed E-state index contributed by atoms with van der Waals surface area (Å²) in [5.74, 6) is -3.70. The molecule has 1 rings (SSSR count). The molecule has 0 spiro atoms. The Labute approximate surface area is 117 Å². The second-order valence-corrected chi connectivity index (χ2v) is 7.24. The summed E-state index contributed by atoms with van der Waals surface area (Å²) >= 11 is 11.2. The van der Waals surface area contributed by atoms with Gasteiger partial charge in [0.2, 0.25) is 10.0 Å². The van der Waals surface area contributed by atoms with Crippen LogP contribution in [0.25, 0.3) is 0 Å². The fraction of sp³-hybridized carbons (Fsp3) is 0.143. The van der Waals surface area contributed by atoms with Crippen LogP contribution in [0.4, 0.5) is 14.5 Å². The van der Waals surface area contributed by atoms with E-state index in [4.69, 9.17) is 28.3 Å². The van der Waals surface area contributed by atoms with E-state index in [9.17, 15) is 25.6 Å². The van der Waals surface area contributed by atoms with Gasteiger partial charge in [0.05, 0.1) is 20.6 Å². The predicted octanol–water partition coefficient (Wildman–Crippen LogP) is 1.61. The van der Waals surface area contributed by atoms with E-state index in [1.54, 1.807) is 0 Å². The number of hydrogen-bond acceptors (Lipinski definition) is 4. The minimum atomic E-state index is -4.98. The third-order valence-corrected chi connectivity index (χ3v) is 4.27. The minimum Gasteiger partial charge on any atom is -0.276 e. The molecule has 3 N–H and O–H groups in total. The Morgan fingerprint density at radius 1 is 1.11 bits per heavy atom. The van der Waals surface area contributed by atoms with Gasteiger partial charge < -0.3 is 0 Å². The van der Waals surface area contributed by atoms with Crippen molar-refractivity contribution in [3.63, 3.8) is 0 Å². The summed E-state index contributed by atoms with van der Waals surface area (Å²) in [5, 5.41) is 3.85. The first-order chi connectivity index (χ1) is 8.45. The van der Waals surface area contributed by atoms with Crippen LogP contribution < -0.4 is 9.86 Å². The molecule has 1 aromatic carbocycles. The Morgan fingerprint density at radius 2 is 1.53 bits per heavy atom. The van der Waals surface area contributed by atoms with Crippen molar-refractivity contribution in [1.82, 2.24) is 0 Å². The van der Waals surface area contributed by atoms with Crippen molar-refractivity contribution in [1.29, 1.82) is 0 Å². The van der Waals surface area contributed by atoms with E-state index in [0.717, 1.165) is 12.1 Å². The summed E-state index contributed by atoms with van der Waals surface area (Å²) in [6.45, 7) is 0. The highest BCUT2D eigenvalue weighted by atomic mass is 35.5. The molecule has 0 aliphatic carbocycles. The van der Waals surface area contributed by atoms with E-state index in [-0.39, 0.29) is 0 Å². The summed E-state index contributed by atoms with van der Waals surface area (Å²) in [6.07, 6.45) is 0. The van der Waals surface area contributed by atoms with Gasteiger partial charge in [0.1, 0.15) is 0 Å². The van der Waals surface area contributed by atoms with Crippen LogP contribution in [0.15, 0.2) is 17.0 Å². The molecule has 0 aromatic heterocycles. The maximum Gasteiger partial charge on any atom is 0.355 e. The van der Waals surface area contributed by atoms with Crippen LogP contribution in [0, 0.1) is 0 Å². The molecular weight excluding hydrogens is 349 g/mol. The molecule has 12 heteroatoms. The van der Waals surface area contributed by atoms with Crippen LogP contribution in [-0.2, 0) is 20.0 Å². The zero-order chi connectivity index (χ0) is 15.0. The summed E-state index contributed by atoms with van der Waals surface area (Å²) in [6, 6.07) is 1.57. The molecule has 6 nitrogen and oxygen atoms in total. The maximum absolute atomic E-state index is 12.2. The zero-order valence-electron chi connectivity index (χ0n) is 8.77. The van der Waals surface area contributed by atoms with Crippen LogP contribution in [-0.4, -0.2) is 22.6 Å². The van der Waals surface area contributed by atoms with Crippen molar-refractivity contribution in [2.75, 3.05) is 4.72 Å².